The first-order valence-electron chi connectivity index (χ1n) is 7.68. The smallest absolute Gasteiger partial charge is 0.407 e. The molecule has 1 aliphatic rings. The Bertz CT molecular complexity index is 454. The van der Waals surface area contributed by atoms with Crippen molar-refractivity contribution >= 4 is 6.09 Å². The molecule has 2 rings (SSSR count). The molecule has 4 nitrogen and oxygen atoms in total. The van der Waals surface area contributed by atoms with Gasteiger partial charge in [0.25, 0.3) is 0 Å². The molecule has 0 saturated carbocycles. The highest BCUT2D eigenvalue weighted by atomic mass is 16.6. The van der Waals surface area contributed by atoms with Crippen LogP contribution in [0.25, 0.3) is 0 Å². The van der Waals surface area contributed by atoms with Crippen molar-refractivity contribution in [3.8, 4) is 0 Å². The molecule has 0 aromatic heterocycles. The number of carbonyl (C=O) groups is 1. The largest absolute Gasteiger partial charge is 0.444 e. The summed E-state index contributed by atoms with van der Waals surface area (Å²) in [6.07, 6.45) is 1.73. The molecule has 0 radical (unpaired) electrons. The predicted molar refractivity (Wildman–Crippen MR) is 84.3 cm³/mol. The summed E-state index contributed by atoms with van der Waals surface area (Å²) in [5, 5.41) is 6.37. The molecule has 21 heavy (non-hydrogen) atoms. The van der Waals surface area contributed by atoms with E-state index < -0.39 is 5.60 Å². The van der Waals surface area contributed by atoms with Gasteiger partial charge in [-0.3, -0.25) is 0 Å². The number of hydrogen-bond donors (Lipinski definition) is 2. The Balaban J connectivity index is 1.94. The topological polar surface area (TPSA) is 50.4 Å². The standard InChI is InChI=1S/C17H26N2O2/c1-17(2,3)21-16(20)19-15-12-18-10-9-14(15)11-13-7-5-4-6-8-13/h4-8,14-15,18H,9-12H2,1-3H3,(H,19,20). The third-order valence-electron chi connectivity index (χ3n) is 3.67. The summed E-state index contributed by atoms with van der Waals surface area (Å²) in [6, 6.07) is 10.6. The van der Waals surface area contributed by atoms with Gasteiger partial charge in [-0.2, -0.15) is 0 Å². The zero-order valence-electron chi connectivity index (χ0n) is 13.2. The third kappa shape index (κ3) is 5.38. The lowest BCUT2D eigenvalue weighted by Gasteiger charge is -2.33. The second kappa shape index (κ2) is 6.94. The highest BCUT2D eigenvalue weighted by Crippen LogP contribution is 2.19. The van der Waals surface area contributed by atoms with E-state index in [1.807, 2.05) is 26.8 Å². The number of benzene rings is 1. The van der Waals surface area contributed by atoms with Gasteiger partial charge >= 0.3 is 6.09 Å². The number of piperidine rings is 1. The summed E-state index contributed by atoms with van der Waals surface area (Å²) in [5.41, 5.74) is 0.863. The van der Waals surface area contributed by atoms with Crippen molar-refractivity contribution < 1.29 is 9.53 Å². The van der Waals surface area contributed by atoms with Crippen LogP contribution >= 0.6 is 0 Å². The number of nitrogens with one attached hydrogen (secondary N) is 2. The van der Waals surface area contributed by atoms with Crippen molar-refractivity contribution in [1.29, 1.82) is 0 Å². The fourth-order valence-corrected chi connectivity index (χ4v) is 2.70. The van der Waals surface area contributed by atoms with E-state index in [1.54, 1.807) is 0 Å². The van der Waals surface area contributed by atoms with Gasteiger partial charge in [0.2, 0.25) is 0 Å². The van der Waals surface area contributed by atoms with Crippen LogP contribution < -0.4 is 10.6 Å². The SMILES string of the molecule is CC(C)(C)OC(=O)NC1CNCCC1Cc1ccccc1. The molecular formula is C17H26N2O2. The van der Waals surface area contributed by atoms with Crippen molar-refractivity contribution in [3.63, 3.8) is 0 Å². The summed E-state index contributed by atoms with van der Waals surface area (Å²) in [6.45, 7) is 7.45. The second-order valence-corrected chi connectivity index (χ2v) is 6.70. The molecule has 116 valence electrons. The van der Waals surface area contributed by atoms with Crippen LogP contribution in [-0.4, -0.2) is 30.8 Å². The van der Waals surface area contributed by atoms with Crippen LogP contribution in [0.1, 0.15) is 32.8 Å². The average molecular weight is 290 g/mol. The van der Waals surface area contributed by atoms with Crippen LogP contribution in [0, 0.1) is 5.92 Å². The fraction of sp³-hybridized carbons (Fsp3) is 0.588. The van der Waals surface area contributed by atoms with Gasteiger partial charge in [-0.25, -0.2) is 4.79 Å². The predicted octanol–water partition coefficient (Wildman–Crippen LogP) is 2.73. The highest BCUT2D eigenvalue weighted by Gasteiger charge is 2.28. The number of carbonyl (C=O) groups excluding carboxylic acids is 1. The summed E-state index contributed by atoms with van der Waals surface area (Å²) in [7, 11) is 0. The molecule has 1 aromatic carbocycles. The Kier molecular flexibility index (Phi) is 5.23. The molecule has 2 unspecified atom stereocenters. The maximum Gasteiger partial charge on any atom is 0.407 e. The first-order valence-corrected chi connectivity index (χ1v) is 7.68. The molecule has 0 bridgehead atoms. The van der Waals surface area contributed by atoms with Gasteiger partial charge in [-0.15, -0.1) is 0 Å². The Hall–Kier alpha value is -1.55. The van der Waals surface area contributed by atoms with Crippen molar-refractivity contribution in [2.75, 3.05) is 13.1 Å². The van der Waals surface area contributed by atoms with Gasteiger partial charge in [0, 0.05) is 12.6 Å². The second-order valence-electron chi connectivity index (χ2n) is 6.70. The molecule has 1 amide bonds. The quantitative estimate of drug-likeness (QED) is 0.900. The number of ether oxygens (including phenoxy) is 1. The van der Waals surface area contributed by atoms with Crippen LogP contribution in [0.2, 0.25) is 0 Å². The zero-order valence-corrected chi connectivity index (χ0v) is 13.2. The van der Waals surface area contributed by atoms with Crippen LogP contribution in [0.4, 0.5) is 4.79 Å². The van der Waals surface area contributed by atoms with E-state index in [0.29, 0.717) is 5.92 Å². The lowest BCUT2D eigenvalue weighted by molar-refractivity contribution is 0.0475. The van der Waals surface area contributed by atoms with E-state index in [0.717, 1.165) is 25.9 Å². The van der Waals surface area contributed by atoms with Gasteiger partial charge in [-0.1, -0.05) is 30.3 Å². The van der Waals surface area contributed by atoms with Gasteiger partial charge in [-0.05, 0) is 51.6 Å². The molecule has 1 aliphatic heterocycles. The van der Waals surface area contributed by atoms with Crippen LogP contribution in [-0.2, 0) is 11.2 Å². The van der Waals surface area contributed by atoms with Gasteiger partial charge in [0.15, 0.2) is 0 Å². The first-order chi connectivity index (χ1) is 9.94. The summed E-state index contributed by atoms with van der Waals surface area (Å²) < 4.78 is 5.36. The Morgan fingerprint density at radius 2 is 2.05 bits per heavy atom. The van der Waals surface area contributed by atoms with Crippen molar-refractivity contribution in [1.82, 2.24) is 10.6 Å². The van der Waals surface area contributed by atoms with E-state index in [1.165, 1.54) is 5.56 Å². The Morgan fingerprint density at radius 1 is 1.33 bits per heavy atom. The van der Waals surface area contributed by atoms with E-state index in [-0.39, 0.29) is 12.1 Å². The van der Waals surface area contributed by atoms with E-state index >= 15 is 0 Å². The van der Waals surface area contributed by atoms with Crippen LogP contribution in [0.3, 0.4) is 0 Å². The van der Waals surface area contributed by atoms with Gasteiger partial charge < -0.3 is 15.4 Å². The van der Waals surface area contributed by atoms with E-state index in [9.17, 15) is 4.79 Å². The zero-order chi connectivity index (χ0) is 15.3. The van der Waals surface area contributed by atoms with Crippen molar-refractivity contribution in [2.45, 2.75) is 45.3 Å². The maximum absolute atomic E-state index is 12.0. The van der Waals surface area contributed by atoms with Crippen molar-refractivity contribution in [2.24, 2.45) is 5.92 Å². The minimum atomic E-state index is -0.457. The van der Waals surface area contributed by atoms with Crippen LogP contribution in [0.15, 0.2) is 30.3 Å². The monoisotopic (exact) mass is 290 g/mol. The normalized spacial score (nSPS) is 22.6. The molecule has 1 saturated heterocycles. The molecular weight excluding hydrogens is 264 g/mol. The molecule has 1 heterocycles. The summed E-state index contributed by atoms with van der Waals surface area (Å²) in [4.78, 5) is 12.0. The maximum atomic E-state index is 12.0. The first kappa shape index (κ1) is 15.8. The average Bonchev–Trinajstić information content (AvgIpc) is 2.40. The van der Waals surface area contributed by atoms with E-state index in [4.69, 9.17) is 4.74 Å². The lowest BCUT2D eigenvalue weighted by Crippen LogP contribution is -2.52. The highest BCUT2D eigenvalue weighted by molar-refractivity contribution is 5.68. The number of alkyl carbamates (subject to hydrolysis) is 1. The van der Waals surface area contributed by atoms with E-state index in [2.05, 4.69) is 34.9 Å². The minimum absolute atomic E-state index is 0.119. The summed E-state index contributed by atoms with van der Waals surface area (Å²) in [5.74, 6) is 0.446. The number of rotatable bonds is 3. The molecule has 0 aliphatic carbocycles. The molecule has 2 atom stereocenters. The third-order valence-corrected chi connectivity index (χ3v) is 3.67. The molecule has 0 spiro atoms. The fourth-order valence-electron chi connectivity index (χ4n) is 2.70. The molecule has 1 fully saturated rings. The molecule has 1 aromatic rings. The number of hydrogen-bond acceptors (Lipinski definition) is 3. The van der Waals surface area contributed by atoms with Crippen LogP contribution in [0.5, 0.6) is 0 Å². The molecule has 2 N–H and O–H groups in total. The Morgan fingerprint density at radius 3 is 2.71 bits per heavy atom. The summed E-state index contributed by atoms with van der Waals surface area (Å²) >= 11 is 0. The lowest BCUT2D eigenvalue weighted by atomic mass is 9.87. The Labute approximate surface area is 127 Å². The van der Waals surface area contributed by atoms with Gasteiger partial charge in [0.1, 0.15) is 5.60 Å². The van der Waals surface area contributed by atoms with Gasteiger partial charge in [0.05, 0.1) is 0 Å². The number of amides is 1. The minimum Gasteiger partial charge on any atom is -0.444 e. The molecule has 4 heteroatoms. The van der Waals surface area contributed by atoms with Crippen molar-refractivity contribution in [3.05, 3.63) is 35.9 Å².